The van der Waals surface area contributed by atoms with Gasteiger partial charge in [0, 0.05) is 36.6 Å². The van der Waals surface area contributed by atoms with Gasteiger partial charge in [-0.15, -0.1) is 0 Å². The van der Waals surface area contributed by atoms with Crippen LogP contribution in [0.3, 0.4) is 0 Å². The highest BCUT2D eigenvalue weighted by atomic mass is 16.5. The van der Waals surface area contributed by atoms with E-state index in [1.165, 1.54) is 17.5 Å². The van der Waals surface area contributed by atoms with Crippen LogP contribution in [0.1, 0.15) is 35.8 Å². The van der Waals surface area contributed by atoms with E-state index >= 15 is 0 Å². The smallest absolute Gasteiger partial charge is 0.127 e. The fourth-order valence-electron chi connectivity index (χ4n) is 4.06. The molecular formula is C23H27N3O2. The largest absolute Gasteiger partial charge is 0.497 e. The van der Waals surface area contributed by atoms with Gasteiger partial charge in [0.1, 0.15) is 17.3 Å². The monoisotopic (exact) mass is 377 g/mol. The van der Waals surface area contributed by atoms with Crippen LogP contribution < -0.4 is 9.47 Å². The number of aromatic nitrogens is 2. The Balaban J connectivity index is 1.54. The molecule has 1 atom stereocenters. The molecule has 0 amide bonds. The molecule has 0 bridgehead atoms. The van der Waals surface area contributed by atoms with Gasteiger partial charge in [-0.25, -0.2) is 4.98 Å². The van der Waals surface area contributed by atoms with Crippen LogP contribution in [0.4, 0.5) is 0 Å². The maximum absolute atomic E-state index is 5.66. The second-order valence-corrected chi connectivity index (χ2v) is 7.19. The molecule has 5 nitrogen and oxygen atoms in total. The van der Waals surface area contributed by atoms with E-state index in [0.29, 0.717) is 6.04 Å². The molecule has 0 saturated carbocycles. The molecule has 0 unspecified atom stereocenters. The zero-order chi connectivity index (χ0) is 19.3. The quantitative estimate of drug-likeness (QED) is 0.616. The molecular weight excluding hydrogens is 350 g/mol. The van der Waals surface area contributed by atoms with Crippen molar-refractivity contribution >= 4 is 0 Å². The van der Waals surface area contributed by atoms with Crippen molar-refractivity contribution in [2.45, 2.75) is 32.0 Å². The fraction of sp³-hybridized carbons (Fsp3) is 0.348. The molecule has 1 aliphatic rings. The Morgan fingerprint density at radius 2 is 1.89 bits per heavy atom. The van der Waals surface area contributed by atoms with Crippen LogP contribution in [0, 0.1) is 0 Å². The number of benzene rings is 2. The van der Waals surface area contributed by atoms with E-state index in [1.807, 2.05) is 18.3 Å². The van der Waals surface area contributed by atoms with Crippen LogP contribution in [0.5, 0.6) is 11.5 Å². The third-order valence-corrected chi connectivity index (χ3v) is 5.51. The van der Waals surface area contributed by atoms with E-state index < -0.39 is 0 Å². The first kappa shape index (κ1) is 18.6. The number of rotatable bonds is 7. The SMILES string of the molecule is COc1ccc([C@H]2CCCN2Cc2nccn2Cc2ccccc2)c(OC)c1. The van der Waals surface area contributed by atoms with E-state index in [4.69, 9.17) is 9.47 Å². The zero-order valence-corrected chi connectivity index (χ0v) is 16.5. The van der Waals surface area contributed by atoms with Crippen molar-refractivity contribution in [3.8, 4) is 11.5 Å². The van der Waals surface area contributed by atoms with Gasteiger partial charge >= 0.3 is 0 Å². The molecule has 1 aromatic heterocycles. The lowest BCUT2D eigenvalue weighted by Gasteiger charge is -2.26. The van der Waals surface area contributed by atoms with E-state index in [2.05, 4.69) is 57.0 Å². The van der Waals surface area contributed by atoms with Crippen LogP contribution in [0.2, 0.25) is 0 Å². The predicted molar refractivity (Wildman–Crippen MR) is 110 cm³/mol. The van der Waals surface area contributed by atoms with Gasteiger partial charge in [-0.05, 0) is 31.0 Å². The van der Waals surface area contributed by atoms with Gasteiger partial charge in [-0.1, -0.05) is 36.4 Å². The Labute approximate surface area is 166 Å². The lowest BCUT2D eigenvalue weighted by molar-refractivity contribution is 0.234. The highest BCUT2D eigenvalue weighted by molar-refractivity contribution is 5.43. The maximum atomic E-state index is 5.66. The lowest BCUT2D eigenvalue weighted by Crippen LogP contribution is -2.25. The van der Waals surface area contributed by atoms with Gasteiger partial charge in [-0.3, -0.25) is 4.90 Å². The van der Waals surface area contributed by atoms with Gasteiger partial charge in [0.05, 0.1) is 20.8 Å². The lowest BCUT2D eigenvalue weighted by atomic mass is 10.0. The summed E-state index contributed by atoms with van der Waals surface area (Å²) in [6.45, 7) is 2.75. The standard InChI is InChI=1S/C23H27N3O2/c1-27-19-10-11-20(22(15-19)28-2)21-9-6-13-25(21)17-23-24-12-14-26(23)16-18-7-4-3-5-8-18/h3-5,7-8,10-12,14-15,21H,6,9,13,16-17H2,1-2H3/t21-/m1/s1. The number of methoxy groups -OCH3 is 2. The van der Waals surface area contributed by atoms with E-state index in [1.54, 1.807) is 14.2 Å². The number of imidazole rings is 1. The van der Waals surface area contributed by atoms with Crippen molar-refractivity contribution in [2.24, 2.45) is 0 Å². The minimum atomic E-state index is 0.336. The second-order valence-electron chi connectivity index (χ2n) is 7.19. The summed E-state index contributed by atoms with van der Waals surface area (Å²) >= 11 is 0. The van der Waals surface area contributed by atoms with Crippen molar-refractivity contribution in [2.75, 3.05) is 20.8 Å². The predicted octanol–water partition coefficient (Wildman–Crippen LogP) is 4.29. The summed E-state index contributed by atoms with van der Waals surface area (Å²) < 4.78 is 13.3. The summed E-state index contributed by atoms with van der Waals surface area (Å²) in [5, 5.41) is 0. The van der Waals surface area contributed by atoms with Crippen molar-refractivity contribution in [1.82, 2.24) is 14.5 Å². The average molecular weight is 377 g/mol. The molecule has 1 aliphatic heterocycles. The first-order valence-corrected chi connectivity index (χ1v) is 9.78. The van der Waals surface area contributed by atoms with Crippen molar-refractivity contribution < 1.29 is 9.47 Å². The number of hydrogen-bond donors (Lipinski definition) is 0. The molecule has 0 radical (unpaired) electrons. The molecule has 3 aromatic rings. The Morgan fingerprint density at radius 1 is 1.04 bits per heavy atom. The zero-order valence-electron chi connectivity index (χ0n) is 16.5. The molecule has 1 saturated heterocycles. The highest BCUT2D eigenvalue weighted by Gasteiger charge is 2.29. The van der Waals surface area contributed by atoms with Crippen molar-refractivity contribution in [1.29, 1.82) is 0 Å². The number of hydrogen-bond acceptors (Lipinski definition) is 4. The fourth-order valence-corrected chi connectivity index (χ4v) is 4.06. The highest BCUT2D eigenvalue weighted by Crippen LogP contribution is 2.39. The first-order valence-electron chi connectivity index (χ1n) is 9.78. The first-order chi connectivity index (χ1) is 13.8. The summed E-state index contributed by atoms with van der Waals surface area (Å²) in [4.78, 5) is 7.15. The van der Waals surface area contributed by atoms with Crippen LogP contribution in [-0.2, 0) is 13.1 Å². The van der Waals surface area contributed by atoms with Crippen LogP contribution >= 0.6 is 0 Å². The molecule has 0 aliphatic carbocycles. The number of ether oxygens (including phenoxy) is 2. The number of likely N-dealkylation sites (tertiary alicyclic amines) is 1. The topological polar surface area (TPSA) is 39.5 Å². The second kappa shape index (κ2) is 8.48. The Kier molecular flexibility index (Phi) is 5.63. The molecule has 1 fully saturated rings. The summed E-state index contributed by atoms with van der Waals surface area (Å²) in [6.07, 6.45) is 6.28. The molecule has 0 spiro atoms. The molecule has 2 aromatic carbocycles. The van der Waals surface area contributed by atoms with Crippen LogP contribution in [0.15, 0.2) is 60.9 Å². The van der Waals surface area contributed by atoms with Gasteiger partial charge in [-0.2, -0.15) is 0 Å². The van der Waals surface area contributed by atoms with E-state index in [0.717, 1.165) is 43.4 Å². The maximum Gasteiger partial charge on any atom is 0.127 e. The van der Waals surface area contributed by atoms with Gasteiger partial charge in [0.25, 0.3) is 0 Å². The molecule has 0 N–H and O–H groups in total. The summed E-state index contributed by atoms with van der Waals surface area (Å²) in [7, 11) is 3.41. The van der Waals surface area contributed by atoms with E-state index in [-0.39, 0.29) is 0 Å². The minimum absolute atomic E-state index is 0.336. The molecule has 4 rings (SSSR count). The van der Waals surface area contributed by atoms with Gasteiger partial charge < -0.3 is 14.0 Å². The molecule has 2 heterocycles. The third kappa shape index (κ3) is 3.90. The average Bonchev–Trinajstić information content (AvgIpc) is 3.38. The van der Waals surface area contributed by atoms with Crippen LogP contribution in [-0.4, -0.2) is 35.2 Å². The van der Waals surface area contributed by atoms with Crippen molar-refractivity contribution in [3.05, 3.63) is 77.9 Å². The molecule has 146 valence electrons. The van der Waals surface area contributed by atoms with Crippen molar-refractivity contribution in [3.63, 3.8) is 0 Å². The minimum Gasteiger partial charge on any atom is -0.497 e. The summed E-state index contributed by atoms with van der Waals surface area (Å²) in [5.41, 5.74) is 2.51. The third-order valence-electron chi connectivity index (χ3n) is 5.51. The van der Waals surface area contributed by atoms with Gasteiger partial charge in [0.15, 0.2) is 0 Å². The molecule has 5 heteroatoms. The van der Waals surface area contributed by atoms with Gasteiger partial charge in [0.2, 0.25) is 0 Å². The Hall–Kier alpha value is -2.79. The molecule has 28 heavy (non-hydrogen) atoms. The summed E-state index contributed by atoms with van der Waals surface area (Å²) in [6, 6.07) is 17.0. The van der Waals surface area contributed by atoms with Crippen LogP contribution in [0.25, 0.3) is 0 Å². The number of nitrogens with zero attached hydrogens (tertiary/aromatic N) is 3. The normalized spacial score (nSPS) is 17.0. The summed E-state index contributed by atoms with van der Waals surface area (Å²) in [5.74, 6) is 2.82. The Bertz CT molecular complexity index is 907. The Morgan fingerprint density at radius 3 is 2.68 bits per heavy atom. The van der Waals surface area contributed by atoms with E-state index in [9.17, 15) is 0 Å².